The molecule has 0 spiro atoms. The Morgan fingerprint density at radius 2 is 2.00 bits per heavy atom. The SMILES string of the molecule is COCCN(C)c1ccc(-c2ccnc(Nc3ccc(N4CC5CC4CN5C)c(C)c3)n2)cn1. The number of hydrogen-bond donors (Lipinski definition) is 1. The van der Waals surface area contributed by atoms with Gasteiger partial charge in [-0.1, -0.05) is 0 Å². The van der Waals surface area contributed by atoms with Crippen LogP contribution in [0.2, 0.25) is 0 Å². The fourth-order valence-electron chi connectivity index (χ4n) is 5.03. The summed E-state index contributed by atoms with van der Waals surface area (Å²) < 4.78 is 5.15. The van der Waals surface area contributed by atoms with Gasteiger partial charge in [0.15, 0.2) is 0 Å². The molecule has 4 heterocycles. The molecule has 2 aliphatic rings. The van der Waals surface area contributed by atoms with E-state index in [2.05, 4.69) is 62.2 Å². The molecule has 2 fully saturated rings. The normalized spacial score (nSPS) is 19.6. The average molecular weight is 460 g/mol. The Hall–Kier alpha value is -3.23. The van der Waals surface area contributed by atoms with Crippen molar-refractivity contribution in [2.45, 2.75) is 25.4 Å². The Morgan fingerprint density at radius 3 is 2.68 bits per heavy atom. The molecule has 2 aromatic heterocycles. The summed E-state index contributed by atoms with van der Waals surface area (Å²) in [5, 5.41) is 3.38. The number of rotatable bonds is 8. The summed E-state index contributed by atoms with van der Waals surface area (Å²) in [7, 11) is 5.95. The predicted molar refractivity (Wildman–Crippen MR) is 137 cm³/mol. The van der Waals surface area contributed by atoms with Crippen molar-refractivity contribution in [2.24, 2.45) is 0 Å². The molecule has 2 bridgehead atoms. The van der Waals surface area contributed by atoms with Crippen molar-refractivity contribution in [3.8, 4) is 11.3 Å². The van der Waals surface area contributed by atoms with E-state index < -0.39 is 0 Å². The van der Waals surface area contributed by atoms with Crippen LogP contribution in [0.1, 0.15) is 12.0 Å². The molecular weight excluding hydrogens is 426 g/mol. The lowest BCUT2D eigenvalue weighted by Crippen LogP contribution is -2.44. The minimum atomic E-state index is 0.577. The number of anilines is 4. The first-order valence-corrected chi connectivity index (χ1v) is 11.9. The first-order valence-electron chi connectivity index (χ1n) is 11.9. The molecule has 8 heteroatoms. The van der Waals surface area contributed by atoms with Crippen LogP contribution in [0.25, 0.3) is 11.3 Å². The zero-order chi connectivity index (χ0) is 23.7. The maximum absolute atomic E-state index is 5.15. The first-order chi connectivity index (χ1) is 16.5. The van der Waals surface area contributed by atoms with Crippen molar-refractivity contribution in [1.82, 2.24) is 19.9 Å². The highest BCUT2D eigenvalue weighted by Crippen LogP contribution is 2.36. The Kier molecular flexibility index (Phi) is 6.34. The maximum atomic E-state index is 5.15. The summed E-state index contributed by atoms with van der Waals surface area (Å²) >= 11 is 0. The van der Waals surface area contributed by atoms with Crippen LogP contribution in [0.15, 0.2) is 48.8 Å². The van der Waals surface area contributed by atoms with Crippen molar-refractivity contribution < 1.29 is 4.74 Å². The minimum Gasteiger partial charge on any atom is -0.383 e. The number of methoxy groups -OCH3 is 1. The monoisotopic (exact) mass is 459 g/mol. The number of likely N-dealkylation sites (tertiary alicyclic amines) is 1. The topological polar surface area (TPSA) is 69.7 Å². The number of likely N-dealkylation sites (N-methyl/N-ethyl adjacent to an activating group) is 2. The molecule has 34 heavy (non-hydrogen) atoms. The van der Waals surface area contributed by atoms with E-state index in [0.29, 0.717) is 24.6 Å². The van der Waals surface area contributed by atoms with E-state index in [9.17, 15) is 0 Å². The van der Waals surface area contributed by atoms with Gasteiger partial charge < -0.3 is 19.9 Å². The van der Waals surface area contributed by atoms with Crippen LogP contribution in [0, 0.1) is 6.92 Å². The second kappa shape index (κ2) is 9.56. The van der Waals surface area contributed by atoms with Gasteiger partial charge in [-0.05, 0) is 62.4 Å². The summed E-state index contributed by atoms with van der Waals surface area (Å²) in [6.45, 7) is 5.92. The second-order valence-corrected chi connectivity index (χ2v) is 9.35. The lowest BCUT2D eigenvalue weighted by Gasteiger charge is -2.34. The first kappa shape index (κ1) is 22.6. The summed E-state index contributed by atoms with van der Waals surface area (Å²) in [5.74, 6) is 1.48. The smallest absolute Gasteiger partial charge is 0.227 e. The van der Waals surface area contributed by atoms with Crippen molar-refractivity contribution in [2.75, 3.05) is 62.6 Å². The van der Waals surface area contributed by atoms with Crippen LogP contribution < -0.4 is 15.1 Å². The summed E-state index contributed by atoms with van der Waals surface area (Å²) in [5.41, 5.74) is 5.39. The van der Waals surface area contributed by atoms with Crippen molar-refractivity contribution in [1.29, 1.82) is 0 Å². The molecule has 3 aromatic rings. The number of pyridine rings is 1. The van der Waals surface area contributed by atoms with E-state index in [1.807, 2.05) is 31.4 Å². The molecule has 5 rings (SSSR count). The number of hydrogen-bond acceptors (Lipinski definition) is 8. The molecule has 0 saturated carbocycles. The van der Waals surface area contributed by atoms with Crippen LogP contribution in [0.3, 0.4) is 0 Å². The van der Waals surface area contributed by atoms with Crippen LogP contribution in [-0.2, 0) is 4.74 Å². The number of piperazine rings is 1. The van der Waals surface area contributed by atoms with Gasteiger partial charge >= 0.3 is 0 Å². The van der Waals surface area contributed by atoms with E-state index in [-0.39, 0.29) is 0 Å². The molecule has 1 aromatic carbocycles. The van der Waals surface area contributed by atoms with Gasteiger partial charge in [0.2, 0.25) is 5.95 Å². The number of nitrogens with one attached hydrogen (secondary N) is 1. The molecule has 1 N–H and O–H groups in total. The van der Waals surface area contributed by atoms with Gasteiger partial charge in [0, 0.05) is 75.2 Å². The molecule has 2 aliphatic heterocycles. The molecule has 2 saturated heterocycles. The van der Waals surface area contributed by atoms with Crippen molar-refractivity contribution in [3.63, 3.8) is 0 Å². The standard InChI is InChI=1S/C26H33N7O/c1-18-13-20(6-7-24(18)33-17-21-14-22(33)16-32(21)3)29-26-27-10-9-23(30-26)19-5-8-25(28-15-19)31(2)11-12-34-4/h5-10,13,15,21-22H,11-12,14,16-17H2,1-4H3,(H,27,29,30). The Bertz CT molecular complexity index is 1130. The zero-order valence-electron chi connectivity index (χ0n) is 20.4. The van der Waals surface area contributed by atoms with E-state index in [1.165, 1.54) is 17.7 Å². The van der Waals surface area contributed by atoms with Gasteiger partial charge in [0.25, 0.3) is 0 Å². The van der Waals surface area contributed by atoms with Crippen molar-refractivity contribution in [3.05, 3.63) is 54.4 Å². The van der Waals surface area contributed by atoms with E-state index >= 15 is 0 Å². The van der Waals surface area contributed by atoms with Crippen LogP contribution >= 0.6 is 0 Å². The Morgan fingerprint density at radius 1 is 1.12 bits per heavy atom. The highest BCUT2D eigenvalue weighted by Gasteiger charge is 2.41. The van der Waals surface area contributed by atoms with Crippen molar-refractivity contribution >= 4 is 23.1 Å². The summed E-state index contributed by atoms with van der Waals surface area (Å²) in [4.78, 5) is 20.9. The third-order valence-corrected chi connectivity index (χ3v) is 7.00. The number of fused-ring (bicyclic) bond motifs is 2. The van der Waals surface area contributed by atoms with Gasteiger partial charge in [-0.15, -0.1) is 0 Å². The molecule has 0 aliphatic carbocycles. The second-order valence-electron chi connectivity index (χ2n) is 9.35. The molecular formula is C26H33N7O. The number of ether oxygens (including phenoxy) is 1. The van der Waals surface area contributed by atoms with Gasteiger partial charge in [0.1, 0.15) is 5.82 Å². The highest BCUT2D eigenvalue weighted by atomic mass is 16.5. The van der Waals surface area contributed by atoms with Gasteiger partial charge in [-0.25, -0.2) is 15.0 Å². The minimum absolute atomic E-state index is 0.577. The molecule has 0 radical (unpaired) electrons. The van der Waals surface area contributed by atoms with Gasteiger partial charge in [-0.3, -0.25) is 4.90 Å². The fourth-order valence-corrected chi connectivity index (χ4v) is 5.03. The van der Waals surface area contributed by atoms with E-state index in [1.54, 1.807) is 13.3 Å². The largest absolute Gasteiger partial charge is 0.383 e. The van der Waals surface area contributed by atoms with Gasteiger partial charge in [0.05, 0.1) is 12.3 Å². The maximum Gasteiger partial charge on any atom is 0.227 e. The predicted octanol–water partition coefficient (Wildman–Crippen LogP) is 3.57. The number of nitrogens with zero attached hydrogens (tertiary/aromatic N) is 6. The molecule has 2 unspecified atom stereocenters. The van der Waals surface area contributed by atoms with E-state index in [4.69, 9.17) is 9.72 Å². The summed E-state index contributed by atoms with van der Waals surface area (Å²) in [6.07, 6.45) is 4.91. The average Bonchev–Trinajstić information content (AvgIpc) is 3.42. The van der Waals surface area contributed by atoms with Gasteiger partial charge in [-0.2, -0.15) is 0 Å². The molecule has 0 amide bonds. The van der Waals surface area contributed by atoms with Crippen LogP contribution in [0.4, 0.5) is 23.1 Å². The molecule has 8 nitrogen and oxygen atoms in total. The third-order valence-electron chi connectivity index (χ3n) is 7.00. The molecule has 178 valence electrons. The van der Waals surface area contributed by atoms with E-state index in [0.717, 1.165) is 42.4 Å². The Labute approximate surface area is 201 Å². The fraction of sp³-hybridized carbons (Fsp3) is 0.423. The van der Waals surface area contributed by atoms with Crippen LogP contribution in [-0.4, -0.2) is 79.4 Å². The number of aromatic nitrogens is 3. The lowest BCUT2D eigenvalue weighted by atomic mass is 10.1. The quantitative estimate of drug-likeness (QED) is 0.548. The lowest BCUT2D eigenvalue weighted by molar-refractivity contribution is 0.206. The summed E-state index contributed by atoms with van der Waals surface area (Å²) in [6, 6.07) is 13.8. The highest BCUT2D eigenvalue weighted by molar-refractivity contribution is 5.66. The Balaban J connectivity index is 1.27. The molecule has 2 atom stereocenters. The number of aryl methyl sites for hydroxylation is 1. The number of benzene rings is 1. The van der Waals surface area contributed by atoms with Crippen LogP contribution in [0.5, 0.6) is 0 Å². The third kappa shape index (κ3) is 4.56. The zero-order valence-corrected chi connectivity index (χ0v) is 20.4.